The lowest BCUT2D eigenvalue weighted by atomic mass is 10.1. The normalized spacial score (nSPS) is 11.2. The molecule has 0 aliphatic carbocycles. The summed E-state index contributed by atoms with van der Waals surface area (Å²) in [6, 6.07) is 22.2. The fourth-order valence-corrected chi connectivity index (χ4v) is 2.87. The predicted molar refractivity (Wildman–Crippen MR) is 118 cm³/mol. The molecule has 0 atom stereocenters. The summed E-state index contributed by atoms with van der Waals surface area (Å²) in [6.45, 7) is 6.77. The number of benzene rings is 2. The fraction of sp³-hybridized carbons (Fsp3) is 0.250. The number of aliphatic imine (C=N–C) groups is 1. The van der Waals surface area contributed by atoms with Crippen molar-refractivity contribution >= 4 is 5.96 Å². The van der Waals surface area contributed by atoms with Gasteiger partial charge >= 0.3 is 0 Å². The summed E-state index contributed by atoms with van der Waals surface area (Å²) in [4.78, 5) is 9.00. The van der Waals surface area contributed by atoms with E-state index in [2.05, 4.69) is 59.8 Å². The highest BCUT2D eigenvalue weighted by Gasteiger charge is 2.02. The van der Waals surface area contributed by atoms with Gasteiger partial charge in [-0.3, -0.25) is 4.98 Å². The maximum absolute atomic E-state index is 5.86. The third kappa shape index (κ3) is 6.64. The van der Waals surface area contributed by atoms with Crippen molar-refractivity contribution in [1.29, 1.82) is 0 Å². The molecule has 0 spiro atoms. The molecule has 0 fully saturated rings. The lowest BCUT2D eigenvalue weighted by Gasteiger charge is -2.13. The number of ether oxygens (including phenoxy) is 1. The van der Waals surface area contributed by atoms with Crippen molar-refractivity contribution < 1.29 is 4.74 Å². The molecule has 1 aromatic heterocycles. The van der Waals surface area contributed by atoms with Gasteiger partial charge in [0.15, 0.2) is 5.96 Å². The first-order chi connectivity index (χ1) is 14.2. The minimum absolute atomic E-state index is 0.453. The van der Waals surface area contributed by atoms with Gasteiger partial charge in [0, 0.05) is 19.3 Å². The van der Waals surface area contributed by atoms with Crippen LogP contribution in [-0.2, 0) is 19.7 Å². The van der Waals surface area contributed by atoms with Crippen LogP contribution in [0.2, 0.25) is 0 Å². The summed E-state index contributed by atoms with van der Waals surface area (Å²) in [5.41, 5.74) is 4.54. The second-order valence-corrected chi connectivity index (χ2v) is 6.73. The molecule has 2 N–H and O–H groups in total. The third-order valence-electron chi connectivity index (χ3n) is 4.48. The van der Waals surface area contributed by atoms with E-state index < -0.39 is 0 Å². The zero-order chi connectivity index (χ0) is 20.3. The molecule has 1 heterocycles. The molecular formula is C24H28N4O. The van der Waals surface area contributed by atoms with E-state index in [-0.39, 0.29) is 0 Å². The van der Waals surface area contributed by atoms with Gasteiger partial charge in [-0.1, -0.05) is 42.5 Å². The van der Waals surface area contributed by atoms with Crippen LogP contribution in [-0.4, -0.2) is 17.5 Å². The van der Waals surface area contributed by atoms with Gasteiger partial charge in [-0.05, 0) is 54.8 Å². The molecule has 2 aromatic carbocycles. The number of hydrogen-bond donors (Lipinski definition) is 2. The molecule has 0 aliphatic rings. The lowest BCUT2D eigenvalue weighted by Crippen LogP contribution is -2.36. The smallest absolute Gasteiger partial charge is 0.191 e. The standard InChI is InChI=1S/C24H28N4O/c1-3-25-24(28-17-21-11-5-4-9-19(21)2)27-16-20-10-8-13-23(15-20)29-18-22-12-6-7-14-26-22/h4-15H,3,16-18H2,1-2H3,(H2,25,27,28). The van der Waals surface area contributed by atoms with Crippen molar-refractivity contribution in [1.82, 2.24) is 15.6 Å². The first kappa shape index (κ1) is 20.4. The summed E-state index contributed by atoms with van der Waals surface area (Å²) >= 11 is 0. The van der Waals surface area contributed by atoms with E-state index in [0.29, 0.717) is 13.2 Å². The number of rotatable bonds is 8. The van der Waals surface area contributed by atoms with Crippen molar-refractivity contribution in [2.24, 2.45) is 4.99 Å². The van der Waals surface area contributed by atoms with Gasteiger partial charge < -0.3 is 15.4 Å². The molecule has 3 rings (SSSR count). The Balaban J connectivity index is 1.59. The Kier molecular flexibility index (Phi) is 7.63. The van der Waals surface area contributed by atoms with Crippen LogP contribution in [0, 0.1) is 6.92 Å². The minimum Gasteiger partial charge on any atom is -0.487 e. The van der Waals surface area contributed by atoms with E-state index in [0.717, 1.165) is 36.1 Å². The molecule has 29 heavy (non-hydrogen) atoms. The maximum atomic E-state index is 5.86. The number of hydrogen-bond acceptors (Lipinski definition) is 3. The van der Waals surface area contributed by atoms with Gasteiger partial charge in [-0.2, -0.15) is 0 Å². The first-order valence-corrected chi connectivity index (χ1v) is 9.93. The Hall–Kier alpha value is -3.34. The Bertz CT molecular complexity index is 925. The molecule has 0 amide bonds. The lowest BCUT2D eigenvalue weighted by molar-refractivity contribution is 0.301. The van der Waals surface area contributed by atoms with E-state index in [9.17, 15) is 0 Å². The van der Waals surface area contributed by atoms with Crippen LogP contribution in [0.3, 0.4) is 0 Å². The van der Waals surface area contributed by atoms with Crippen LogP contribution in [0.4, 0.5) is 0 Å². The zero-order valence-corrected chi connectivity index (χ0v) is 17.1. The molecule has 0 unspecified atom stereocenters. The first-order valence-electron chi connectivity index (χ1n) is 9.93. The van der Waals surface area contributed by atoms with Gasteiger partial charge in [0.05, 0.1) is 12.2 Å². The second-order valence-electron chi connectivity index (χ2n) is 6.73. The van der Waals surface area contributed by atoms with E-state index in [1.165, 1.54) is 11.1 Å². The van der Waals surface area contributed by atoms with Gasteiger partial charge in [-0.15, -0.1) is 0 Å². The predicted octanol–water partition coefficient (Wildman–Crippen LogP) is 4.22. The van der Waals surface area contributed by atoms with Crippen LogP contribution < -0.4 is 15.4 Å². The van der Waals surface area contributed by atoms with Crippen LogP contribution in [0.25, 0.3) is 0 Å². The average Bonchev–Trinajstić information content (AvgIpc) is 2.76. The topological polar surface area (TPSA) is 58.5 Å². The Morgan fingerprint density at radius 1 is 1.00 bits per heavy atom. The molecule has 0 aliphatic heterocycles. The van der Waals surface area contributed by atoms with Crippen LogP contribution in [0.5, 0.6) is 5.75 Å². The highest BCUT2D eigenvalue weighted by atomic mass is 16.5. The average molecular weight is 389 g/mol. The van der Waals surface area contributed by atoms with Gasteiger partial charge in [-0.25, -0.2) is 4.99 Å². The Labute approximate surface area is 172 Å². The van der Waals surface area contributed by atoms with Crippen molar-refractivity contribution in [3.05, 3.63) is 95.3 Å². The molecule has 0 bridgehead atoms. The highest BCUT2D eigenvalue weighted by molar-refractivity contribution is 5.79. The summed E-state index contributed by atoms with van der Waals surface area (Å²) < 4.78 is 5.86. The third-order valence-corrected chi connectivity index (χ3v) is 4.48. The van der Waals surface area contributed by atoms with Crippen molar-refractivity contribution in [2.45, 2.75) is 33.5 Å². The van der Waals surface area contributed by atoms with E-state index in [1.807, 2.05) is 36.4 Å². The minimum atomic E-state index is 0.453. The molecule has 0 saturated carbocycles. The molecule has 3 aromatic rings. The van der Waals surface area contributed by atoms with Gasteiger partial charge in [0.2, 0.25) is 0 Å². The van der Waals surface area contributed by atoms with E-state index in [1.54, 1.807) is 6.20 Å². The number of nitrogens with zero attached hydrogens (tertiary/aromatic N) is 2. The second kappa shape index (κ2) is 10.9. The summed E-state index contributed by atoms with van der Waals surface area (Å²) in [6.07, 6.45) is 1.77. The number of aromatic nitrogens is 1. The fourth-order valence-electron chi connectivity index (χ4n) is 2.87. The molecule has 5 heteroatoms. The van der Waals surface area contributed by atoms with Gasteiger partial charge in [0.1, 0.15) is 12.4 Å². The van der Waals surface area contributed by atoms with Gasteiger partial charge in [0.25, 0.3) is 0 Å². The largest absolute Gasteiger partial charge is 0.487 e. The van der Waals surface area contributed by atoms with Crippen LogP contribution in [0.15, 0.2) is 77.9 Å². The Morgan fingerprint density at radius 3 is 2.66 bits per heavy atom. The molecule has 0 saturated heterocycles. The summed E-state index contributed by atoms with van der Waals surface area (Å²) in [5.74, 6) is 1.62. The van der Waals surface area contributed by atoms with E-state index in [4.69, 9.17) is 9.73 Å². The summed E-state index contributed by atoms with van der Waals surface area (Å²) in [5, 5.41) is 6.71. The quantitative estimate of drug-likeness (QED) is 0.448. The number of guanidine groups is 1. The molecular weight excluding hydrogens is 360 g/mol. The van der Waals surface area contributed by atoms with Crippen molar-refractivity contribution in [2.75, 3.05) is 6.54 Å². The number of aryl methyl sites for hydroxylation is 1. The zero-order valence-electron chi connectivity index (χ0n) is 17.1. The van der Waals surface area contributed by atoms with Crippen LogP contribution >= 0.6 is 0 Å². The van der Waals surface area contributed by atoms with Crippen molar-refractivity contribution in [3.8, 4) is 5.75 Å². The molecule has 0 radical (unpaired) electrons. The highest BCUT2D eigenvalue weighted by Crippen LogP contribution is 2.15. The van der Waals surface area contributed by atoms with Crippen LogP contribution in [0.1, 0.15) is 29.3 Å². The molecule has 5 nitrogen and oxygen atoms in total. The summed E-state index contributed by atoms with van der Waals surface area (Å²) in [7, 11) is 0. The SMILES string of the molecule is CCNC(=NCc1cccc(OCc2ccccn2)c1)NCc1ccccc1C. The number of pyridine rings is 1. The van der Waals surface area contributed by atoms with Crippen molar-refractivity contribution in [3.63, 3.8) is 0 Å². The monoisotopic (exact) mass is 388 g/mol. The molecule has 150 valence electrons. The van der Waals surface area contributed by atoms with E-state index >= 15 is 0 Å². The maximum Gasteiger partial charge on any atom is 0.191 e. The number of nitrogens with one attached hydrogen (secondary N) is 2. The Morgan fingerprint density at radius 2 is 1.86 bits per heavy atom.